The van der Waals surface area contributed by atoms with Gasteiger partial charge in [0, 0.05) is 43.2 Å². The van der Waals surface area contributed by atoms with E-state index in [4.69, 9.17) is 4.74 Å². The number of hydrogen-bond acceptors (Lipinski definition) is 4. The Kier molecular flexibility index (Phi) is 5.30. The molecule has 1 aromatic carbocycles. The van der Waals surface area contributed by atoms with Crippen molar-refractivity contribution in [2.24, 2.45) is 0 Å². The van der Waals surface area contributed by atoms with Crippen molar-refractivity contribution in [3.05, 3.63) is 36.7 Å². The van der Waals surface area contributed by atoms with Crippen molar-refractivity contribution in [1.82, 2.24) is 9.55 Å². The van der Waals surface area contributed by atoms with Crippen LogP contribution in [0.3, 0.4) is 0 Å². The van der Waals surface area contributed by atoms with Gasteiger partial charge in [0.25, 0.3) is 0 Å². The number of hydrogen-bond donors (Lipinski definition) is 1. The summed E-state index contributed by atoms with van der Waals surface area (Å²) in [5, 5.41) is 3.35. The number of aromatic nitrogens is 2. The van der Waals surface area contributed by atoms with Crippen LogP contribution in [0.2, 0.25) is 0 Å². The van der Waals surface area contributed by atoms with Crippen LogP contribution in [0.5, 0.6) is 0 Å². The highest BCUT2D eigenvalue weighted by atomic mass is 32.2. The largest absolute Gasteiger partial charge is 0.385 e. The first-order chi connectivity index (χ1) is 9.33. The summed E-state index contributed by atoms with van der Waals surface area (Å²) in [6.07, 6.45) is 6.85. The lowest BCUT2D eigenvalue weighted by Gasteiger charge is -2.10. The lowest BCUT2D eigenvalue weighted by molar-refractivity contribution is 0.190. The lowest BCUT2D eigenvalue weighted by Crippen LogP contribution is -2.05. The first kappa shape index (κ1) is 14.0. The Bertz CT molecular complexity index is 513. The lowest BCUT2D eigenvalue weighted by atomic mass is 10.3. The molecule has 0 aliphatic heterocycles. The van der Waals surface area contributed by atoms with E-state index in [9.17, 15) is 0 Å². The van der Waals surface area contributed by atoms with Crippen LogP contribution in [-0.2, 0) is 11.3 Å². The van der Waals surface area contributed by atoms with Crippen molar-refractivity contribution in [1.29, 1.82) is 0 Å². The quantitative estimate of drug-likeness (QED) is 0.622. The topological polar surface area (TPSA) is 39.1 Å². The van der Waals surface area contributed by atoms with Gasteiger partial charge in [-0.1, -0.05) is 6.07 Å². The van der Waals surface area contributed by atoms with E-state index in [0.717, 1.165) is 31.2 Å². The molecule has 0 atom stereocenters. The van der Waals surface area contributed by atoms with Crippen LogP contribution in [0, 0.1) is 0 Å². The Morgan fingerprint density at radius 3 is 3.11 bits per heavy atom. The van der Waals surface area contributed by atoms with Gasteiger partial charge >= 0.3 is 0 Å². The molecule has 0 bridgehead atoms. The fourth-order valence-electron chi connectivity index (χ4n) is 1.82. The molecule has 0 radical (unpaired) electrons. The highest BCUT2D eigenvalue weighted by Crippen LogP contribution is 2.21. The number of nitrogens with one attached hydrogen (secondary N) is 1. The molecule has 0 aliphatic rings. The molecule has 2 aromatic rings. The minimum atomic E-state index is 0.763. The number of aryl methyl sites for hydroxylation is 1. The van der Waals surface area contributed by atoms with Crippen LogP contribution in [0.1, 0.15) is 6.42 Å². The number of thioether (sulfide) groups is 1. The summed E-state index contributed by atoms with van der Waals surface area (Å²) in [6, 6.07) is 8.32. The van der Waals surface area contributed by atoms with Gasteiger partial charge in [-0.15, -0.1) is 11.8 Å². The molecule has 5 heteroatoms. The molecule has 1 aromatic heterocycles. The van der Waals surface area contributed by atoms with Crippen molar-refractivity contribution in [2.45, 2.75) is 17.9 Å². The van der Waals surface area contributed by atoms with Gasteiger partial charge in [-0.2, -0.15) is 0 Å². The Labute approximate surface area is 118 Å². The minimum absolute atomic E-state index is 0.763. The van der Waals surface area contributed by atoms with E-state index in [1.54, 1.807) is 18.9 Å². The highest BCUT2D eigenvalue weighted by Gasteiger charge is 2.03. The monoisotopic (exact) mass is 277 g/mol. The Balaban J connectivity index is 2.03. The summed E-state index contributed by atoms with van der Waals surface area (Å²) in [4.78, 5) is 5.59. The summed E-state index contributed by atoms with van der Waals surface area (Å²) in [5.41, 5.74) is 1.06. The Morgan fingerprint density at radius 2 is 2.32 bits per heavy atom. The van der Waals surface area contributed by atoms with Gasteiger partial charge in [-0.25, -0.2) is 4.98 Å². The normalized spacial score (nSPS) is 10.6. The zero-order chi connectivity index (χ0) is 13.5. The van der Waals surface area contributed by atoms with Crippen LogP contribution in [0.15, 0.2) is 41.6 Å². The highest BCUT2D eigenvalue weighted by molar-refractivity contribution is 7.98. The second-order valence-electron chi connectivity index (χ2n) is 4.15. The summed E-state index contributed by atoms with van der Waals surface area (Å²) < 4.78 is 7.17. The number of nitrogens with zero attached hydrogens (tertiary/aromatic N) is 2. The molecule has 0 saturated heterocycles. The molecule has 1 N–H and O–H groups in total. The molecular formula is C14H19N3OS. The second-order valence-corrected chi connectivity index (χ2v) is 5.03. The molecular weight excluding hydrogens is 258 g/mol. The van der Waals surface area contributed by atoms with Gasteiger partial charge in [0.05, 0.1) is 0 Å². The van der Waals surface area contributed by atoms with Crippen molar-refractivity contribution in [2.75, 3.05) is 25.3 Å². The number of ether oxygens (including phenoxy) is 1. The minimum Gasteiger partial charge on any atom is -0.385 e. The number of benzene rings is 1. The third kappa shape index (κ3) is 4.01. The predicted molar refractivity (Wildman–Crippen MR) is 80.2 cm³/mol. The molecule has 0 unspecified atom stereocenters. The molecule has 0 saturated carbocycles. The first-order valence-electron chi connectivity index (χ1n) is 6.24. The fourth-order valence-corrected chi connectivity index (χ4v) is 2.28. The number of rotatable bonds is 7. The van der Waals surface area contributed by atoms with Crippen molar-refractivity contribution >= 4 is 23.4 Å². The van der Waals surface area contributed by atoms with Crippen molar-refractivity contribution < 1.29 is 4.74 Å². The maximum Gasteiger partial charge on any atom is 0.207 e. The Morgan fingerprint density at radius 1 is 1.42 bits per heavy atom. The smallest absolute Gasteiger partial charge is 0.207 e. The maximum atomic E-state index is 5.07. The molecule has 19 heavy (non-hydrogen) atoms. The van der Waals surface area contributed by atoms with Crippen LogP contribution < -0.4 is 5.32 Å². The molecule has 0 amide bonds. The molecule has 1 heterocycles. The van der Waals surface area contributed by atoms with Crippen LogP contribution in [0.25, 0.3) is 0 Å². The zero-order valence-electron chi connectivity index (χ0n) is 11.3. The maximum absolute atomic E-state index is 5.07. The molecule has 0 aliphatic carbocycles. The van der Waals surface area contributed by atoms with E-state index >= 15 is 0 Å². The standard InChI is InChI=1S/C14H19N3OS/c1-18-10-4-8-17-9-7-15-14(17)16-12-5-3-6-13(11-12)19-2/h3,5-7,9,11H,4,8,10H2,1-2H3,(H,15,16). The summed E-state index contributed by atoms with van der Waals surface area (Å²) in [5.74, 6) is 0.870. The molecule has 0 fully saturated rings. The summed E-state index contributed by atoms with van der Waals surface area (Å²) in [6.45, 7) is 1.66. The third-order valence-electron chi connectivity index (χ3n) is 2.79. The Hall–Kier alpha value is -1.46. The fraction of sp³-hybridized carbons (Fsp3) is 0.357. The van der Waals surface area contributed by atoms with E-state index in [1.165, 1.54) is 4.90 Å². The average Bonchev–Trinajstić information content (AvgIpc) is 2.87. The molecule has 4 nitrogen and oxygen atoms in total. The molecule has 0 spiro atoms. The predicted octanol–water partition coefficient (Wildman–Crippen LogP) is 3.39. The van der Waals surface area contributed by atoms with E-state index < -0.39 is 0 Å². The zero-order valence-corrected chi connectivity index (χ0v) is 12.1. The van der Waals surface area contributed by atoms with E-state index in [1.807, 2.05) is 24.5 Å². The summed E-state index contributed by atoms with van der Waals surface area (Å²) in [7, 11) is 1.72. The first-order valence-corrected chi connectivity index (χ1v) is 7.47. The second kappa shape index (κ2) is 7.21. The van der Waals surface area contributed by atoms with Crippen LogP contribution in [0.4, 0.5) is 11.6 Å². The van der Waals surface area contributed by atoms with Gasteiger partial charge in [-0.3, -0.25) is 0 Å². The van der Waals surface area contributed by atoms with Gasteiger partial charge < -0.3 is 14.6 Å². The van der Waals surface area contributed by atoms with Crippen molar-refractivity contribution in [3.8, 4) is 0 Å². The van der Waals surface area contributed by atoms with Crippen LogP contribution >= 0.6 is 11.8 Å². The van der Waals surface area contributed by atoms with Gasteiger partial charge in [0.15, 0.2) is 0 Å². The summed E-state index contributed by atoms with van der Waals surface area (Å²) >= 11 is 1.73. The van der Waals surface area contributed by atoms with Gasteiger partial charge in [0.1, 0.15) is 0 Å². The van der Waals surface area contributed by atoms with Crippen molar-refractivity contribution in [3.63, 3.8) is 0 Å². The SMILES string of the molecule is COCCCn1ccnc1Nc1cccc(SC)c1. The third-order valence-corrected chi connectivity index (χ3v) is 3.51. The number of methoxy groups -OCH3 is 1. The van der Waals surface area contributed by atoms with Gasteiger partial charge in [0.2, 0.25) is 5.95 Å². The van der Waals surface area contributed by atoms with Gasteiger partial charge in [-0.05, 0) is 30.9 Å². The average molecular weight is 277 g/mol. The number of imidazole rings is 1. The van der Waals surface area contributed by atoms with E-state index in [0.29, 0.717) is 0 Å². The molecule has 2 rings (SSSR count). The molecule has 102 valence electrons. The number of anilines is 2. The van der Waals surface area contributed by atoms with E-state index in [2.05, 4.69) is 33.3 Å². The van der Waals surface area contributed by atoms with Crippen LogP contribution in [-0.4, -0.2) is 29.5 Å². The van der Waals surface area contributed by atoms with E-state index in [-0.39, 0.29) is 0 Å².